The summed E-state index contributed by atoms with van der Waals surface area (Å²) in [7, 11) is -4.11. The van der Waals surface area contributed by atoms with E-state index in [1.165, 1.54) is 12.1 Å². The Morgan fingerprint density at radius 1 is 1.33 bits per heavy atom. The van der Waals surface area contributed by atoms with Gasteiger partial charge in [-0.3, -0.25) is 14.9 Å². The second-order valence-electron chi connectivity index (χ2n) is 4.11. The van der Waals surface area contributed by atoms with Gasteiger partial charge in [-0.2, -0.15) is 4.31 Å². The van der Waals surface area contributed by atoms with Crippen LogP contribution in [0.4, 0.5) is 5.69 Å². The van der Waals surface area contributed by atoms with E-state index in [0.717, 1.165) is 16.4 Å². The van der Waals surface area contributed by atoms with E-state index in [1.54, 1.807) is 13.8 Å². The molecule has 0 aliphatic carbocycles. The number of carbonyl (C=O) groups is 1. The molecule has 0 aliphatic heterocycles. The zero-order chi connectivity index (χ0) is 16.0. The van der Waals surface area contributed by atoms with Crippen molar-refractivity contribution in [2.24, 2.45) is 0 Å². The van der Waals surface area contributed by atoms with Crippen LogP contribution in [-0.2, 0) is 14.8 Å². The highest BCUT2D eigenvalue weighted by Crippen LogP contribution is 2.25. The van der Waals surface area contributed by atoms with Crippen molar-refractivity contribution in [3.63, 3.8) is 0 Å². The monoisotopic (exact) mass is 315 g/mol. The minimum Gasteiger partial charge on any atom is -0.355 e. The lowest BCUT2D eigenvalue weighted by atomic mass is 10.3. The molecule has 0 radical (unpaired) electrons. The molecule has 0 aromatic heterocycles. The normalized spacial score (nSPS) is 11.4. The first-order valence-corrected chi connectivity index (χ1v) is 7.78. The number of nitro benzene ring substituents is 1. The second-order valence-corrected chi connectivity index (χ2v) is 6.02. The highest BCUT2D eigenvalue weighted by molar-refractivity contribution is 7.89. The van der Waals surface area contributed by atoms with Crippen molar-refractivity contribution >= 4 is 21.6 Å². The maximum Gasteiger partial charge on any atom is 0.289 e. The lowest BCUT2D eigenvalue weighted by Gasteiger charge is -2.19. The van der Waals surface area contributed by atoms with Gasteiger partial charge in [-0.1, -0.05) is 19.1 Å². The van der Waals surface area contributed by atoms with Gasteiger partial charge in [0.15, 0.2) is 4.90 Å². The first-order valence-electron chi connectivity index (χ1n) is 6.34. The van der Waals surface area contributed by atoms with Gasteiger partial charge in [0.1, 0.15) is 0 Å². The summed E-state index contributed by atoms with van der Waals surface area (Å²) in [5.41, 5.74) is -0.508. The summed E-state index contributed by atoms with van der Waals surface area (Å²) in [5, 5.41) is 13.4. The number of amides is 1. The molecule has 0 saturated heterocycles. The van der Waals surface area contributed by atoms with Crippen molar-refractivity contribution in [1.82, 2.24) is 9.62 Å². The van der Waals surface area contributed by atoms with Crippen LogP contribution in [0.3, 0.4) is 0 Å². The van der Waals surface area contributed by atoms with Crippen LogP contribution in [0.25, 0.3) is 0 Å². The van der Waals surface area contributed by atoms with Crippen LogP contribution in [0.5, 0.6) is 0 Å². The summed E-state index contributed by atoms with van der Waals surface area (Å²) in [5.74, 6) is -0.457. The molecule has 0 unspecified atom stereocenters. The lowest BCUT2D eigenvalue weighted by molar-refractivity contribution is -0.387. The summed E-state index contributed by atoms with van der Waals surface area (Å²) in [6.07, 6.45) is 0. The predicted molar refractivity (Wildman–Crippen MR) is 76.2 cm³/mol. The Morgan fingerprint density at radius 3 is 2.48 bits per heavy atom. The molecule has 116 valence electrons. The van der Waals surface area contributed by atoms with E-state index in [2.05, 4.69) is 5.32 Å². The predicted octanol–water partition coefficient (Wildman–Crippen LogP) is 0.741. The fraction of sp³-hybridized carbons (Fsp3) is 0.417. The molecule has 8 nitrogen and oxygen atoms in total. The Bertz CT molecular complexity index is 630. The van der Waals surface area contributed by atoms with E-state index >= 15 is 0 Å². The first kappa shape index (κ1) is 17.1. The quantitative estimate of drug-likeness (QED) is 0.589. The van der Waals surface area contributed by atoms with Crippen LogP contribution in [0, 0.1) is 10.1 Å². The molecule has 1 rings (SSSR count). The van der Waals surface area contributed by atoms with Gasteiger partial charge in [0.05, 0.1) is 11.5 Å². The average Bonchev–Trinajstić information content (AvgIpc) is 2.44. The summed E-state index contributed by atoms with van der Waals surface area (Å²) in [6, 6.07) is 5.07. The highest BCUT2D eigenvalue weighted by Gasteiger charge is 2.31. The molecule has 0 bridgehead atoms. The lowest BCUT2D eigenvalue weighted by Crippen LogP contribution is -2.40. The van der Waals surface area contributed by atoms with E-state index in [0.29, 0.717) is 6.54 Å². The Balaban J connectivity index is 3.19. The number of hydrogen-bond acceptors (Lipinski definition) is 5. The summed E-state index contributed by atoms with van der Waals surface area (Å²) in [6.45, 7) is 3.31. The van der Waals surface area contributed by atoms with Gasteiger partial charge >= 0.3 is 0 Å². The molecule has 0 aliphatic rings. The number of para-hydroxylation sites is 1. The molecular weight excluding hydrogens is 298 g/mol. The molecule has 1 N–H and O–H groups in total. The summed E-state index contributed by atoms with van der Waals surface area (Å²) < 4.78 is 25.8. The van der Waals surface area contributed by atoms with Crippen molar-refractivity contribution in [3.8, 4) is 0 Å². The van der Waals surface area contributed by atoms with E-state index < -0.39 is 31.4 Å². The molecule has 9 heteroatoms. The number of sulfonamides is 1. The first-order chi connectivity index (χ1) is 9.84. The van der Waals surface area contributed by atoms with Gasteiger partial charge < -0.3 is 5.32 Å². The third-order valence-corrected chi connectivity index (χ3v) is 4.69. The number of nitrogens with one attached hydrogen (secondary N) is 1. The van der Waals surface area contributed by atoms with Crippen LogP contribution < -0.4 is 5.32 Å². The molecule has 1 amide bonds. The summed E-state index contributed by atoms with van der Waals surface area (Å²) >= 11 is 0. The second kappa shape index (κ2) is 7.14. The number of rotatable bonds is 7. The minimum atomic E-state index is -4.11. The van der Waals surface area contributed by atoms with Crippen molar-refractivity contribution in [2.45, 2.75) is 18.7 Å². The third kappa shape index (κ3) is 3.99. The smallest absolute Gasteiger partial charge is 0.289 e. The Morgan fingerprint density at radius 2 is 1.95 bits per heavy atom. The average molecular weight is 315 g/mol. The Hall–Kier alpha value is -2.00. The zero-order valence-electron chi connectivity index (χ0n) is 11.8. The third-order valence-electron chi connectivity index (χ3n) is 2.73. The van der Waals surface area contributed by atoms with Gasteiger partial charge in [0.25, 0.3) is 5.69 Å². The Labute approximate surface area is 123 Å². The van der Waals surface area contributed by atoms with E-state index in [4.69, 9.17) is 0 Å². The Kier molecular flexibility index (Phi) is 5.79. The number of nitrogens with zero attached hydrogens (tertiary/aromatic N) is 2. The van der Waals surface area contributed by atoms with Crippen molar-refractivity contribution in [3.05, 3.63) is 34.4 Å². The molecule has 0 heterocycles. The van der Waals surface area contributed by atoms with E-state index in [-0.39, 0.29) is 13.1 Å². The van der Waals surface area contributed by atoms with Crippen molar-refractivity contribution < 1.29 is 18.1 Å². The number of hydrogen-bond donors (Lipinski definition) is 1. The maximum absolute atomic E-state index is 12.5. The van der Waals surface area contributed by atoms with Crippen molar-refractivity contribution in [1.29, 1.82) is 0 Å². The SMILES string of the molecule is CCNC(=O)CN(CC)S(=O)(=O)c1ccccc1[N+](=O)[O-]. The zero-order valence-corrected chi connectivity index (χ0v) is 12.6. The van der Waals surface area contributed by atoms with Crippen LogP contribution in [0.15, 0.2) is 29.2 Å². The van der Waals surface area contributed by atoms with Crippen LogP contribution in [-0.4, -0.2) is 43.2 Å². The molecular formula is C12H17N3O5S. The fourth-order valence-corrected chi connectivity index (χ4v) is 3.31. The highest BCUT2D eigenvalue weighted by atomic mass is 32.2. The largest absolute Gasteiger partial charge is 0.355 e. The number of benzene rings is 1. The number of carbonyl (C=O) groups excluding carboxylic acids is 1. The van der Waals surface area contributed by atoms with Crippen LogP contribution >= 0.6 is 0 Å². The molecule has 0 saturated carbocycles. The molecule has 1 aromatic rings. The van der Waals surface area contributed by atoms with E-state index in [1.807, 2.05) is 0 Å². The topological polar surface area (TPSA) is 110 Å². The number of nitro groups is 1. The maximum atomic E-state index is 12.5. The van der Waals surface area contributed by atoms with E-state index in [9.17, 15) is 23.3 Å². The number of likely N-dealkylation sites (N-methyl/N-ethyl adjacent to an activating group) is 2. The van der Waals surface area contributed by atoms with Gasteiger partial charge in [-0.25, -0.2) is 8.42 Å². The fourth-order valence-electron chi connectivity index (χ4n) is 1.75. The van der Waals surface area contributed by atoms with Gasteiger partial charge in [0.2, 0.25) is 15.9 Å². The molecule has 21 heavy (non-hydrogen) atoms. The summed E-state index contributed by atoms with van der Waals surface area (Å²) in [4.78, 5) is 21.3. The minimum absolute atomic E-state index is 0.0333. The van der Waals surface area contributed by atoms with Gasteiger partial charge in [0, 0.05) is 19.2 Å². The molecule has 0 spiro atoms. The molecule has 1 aromatic carbocycles. The van der Waals surface area contributed by atoms with Crippen molar-refractivity contribution in [2.75, 3.05) is 19.6 Å². The van der Waals surface area contributed by atoms with Gasteiger partial charge in [-0.15, -0.1) is 0 Å². The van der Waals surface area contributed by atoms with Gasteiger partial charge in [-0.05, 0) is 13.0 Å². The van der Waals surface area contributed by atoms with Crippen LogP contribution in [0.1, 0.15) is 13.8 Å². The van der Waals surface area contributed by atoms with Crippen LogP contribution in [0.2, 0.25) is 0 Å². The molecule has 0 fully saturated rings. The molecule has 0 atom stereocenters. The standard InChI is InChI=1S/C12H17N3O5S/c1-3-13-12(16)9-14(4-2)21(19,20)11-8-6-5-7-10(11)15(17)18/h5-8H,3-4,9H2,1-2H3,(H,13,16).